The van der Waals surface area contributed by atoms with Crippen LogP contribution in [0.2, 0.25) is 0 Å². The zero-order valence-electron chi connectivity index (χ0n) is 26.9. The normalized spacial score (nSPS) is 13.5. The van der Waals surface area contributed by atoms with Crippen molar-refractivity contribution in [1.29, 1.82) is 0 Å². The van der Waals surface area contributed by atoms with E-state index in [1.807, 2.05) is 38.5 Å². The van der Waals surface area contributed by atoms with E-state index in [0.717, 1.165) is 51.3 Å². The summed E-state index contributed by atoms with van der Waals surface area (Å²) in [7, 11) is 1.92. The second-order valence-electron chi connectivity index (χ2n) is 13.5. The second kappa shape index (κ2) is 12.0. The monoisotopic (exact) mass is 594 g/mol. The lowest BCUT2D eigenvalue weighted by Crippen LogP contribution is -2.40. The molecule has 0 fully saturated rings. The average Bonchev–Trinajstić information content (AvgIpc) is 3.64. The Balaban J connectivity index is 1.54. The summed E-state index contributed by atoms with van der Waals surface area (Å²) < 4.78 is 4.12. The van der Waals surface area contributed by atoms with E-state index in [9.17, 15) is 5.11 Å². The summed E-state index contributed by atoms with van der Waals surface area (Å²) in [6.45, 7) is 8.61. The largest absolute Gasteiger partial charge is 0.385 e. The molecule has 0 aliphatic carbocycles. The highest BCUT2D eigenvalue weighted by atomic mass is 16.3. The molecule has 0 saturated carbocycles. The van der Waals surface area contributed by atoms with E-state index in [1.54, 1.807) is 4.68 Å². The molecule has 0 amide bonds. The summed E-state index contributed by atoms with van der Waals surface area (Å²) >= 11 is 0. The maximum absolute atomic E-state index is 12.2. The molecule has 0 saturated heterocycles. The van der Waals surface area contributed by atoms with Gasteiger partial charge in [0, 0.05) is 31.4 Å². The topological polar surface area (TPSA) is 55.9 Å². The van der Waals surface area contributed by atoms with Gasteiger partial charge in [-0.15, -0.1) is 0 Å². The van der Waals surface area contributed by atoms with Gasteiger partial charge >= 0.3 is 0 Å². The standard InChI is InChI=1S/C40H42N4O/c1-38(2,3)25-36-29-44(37(42-36)26-39(4,45)32-23-21-30(22-24-32)31-27-41-43(5)28-31)40(33-15-9-6-10-16-33,34-17-11-7-12-18-34)35-19-13-8-14-20-35/h6-24,27-29,45H,25-26H2,1-5H3. The van der Waals surface area contributed by atoms with Crippen molar-refractivity contribution in [1.82, 2.24) is 19.3 Å². The molecule has 0 spiro atoms. The van der Waals surface area contributed by atoms with E-state index in [-0.39, 0.29) is 5.41 Å². The smallest absolute Gasteiger partial charge is 0.121 e. The van der Waals surface area contributed by atoms with Crippen LogP contribution in [0.5, 0.6) is 0 Å². The summed E-state index contributed by atoms with van der Waals surface area (Å²) in [5, 5.41) is 16.5. The van der Waals surface area contributed by atoms with Crippen LogP contribution in [0.3, 0.4) is 0 Å². The molecule has 1 unspecified atom stereocenters. The quantitative estimate of drug-likeness (QED) is 0.172. The van der Waals surface area contributed by atoms with Crippen molar-refractivity contribution < 1.29 is 5.11 Å². The first-order chi connectivity index (χ1) is 21.6. The Labute approximate surface area is 266 Å². The van der Waals surface area contributed by atoms with Crippen molar-refractivity contribution in [3.05, 3.63) is 168 Å². The Morgan fingerprint density at radius 2 is 1.11 bits per heavy atom. The van der Waals surface area contributed by atoms with Crippen molar-refractivity contribution >= 4 is 0 Å². The van der Waals surface area contributed by atoms with Gasteiger partial charge in [-0.05, 0) is 46.6 Å². The molecule has 1 N–H and O–H groups in total. The minimum absolute atomic E-state index is 0.0377. The van der Waals surface area contributed by atoms with Gasteiger partial charge in [-0.3, -0.25) is 4.68 Å². The van der Waals surface area contributed by atoms with E-state index >= 15 is 0 Å². The number of rotatable bonds is 9. The summed E-state index contributed by atoms with van der Waals surface area (Å²) in [5.41, 5.74) is 5.48. The number of hydrogen-bond donors (Lipinski definition) is 1. The Bertz CT molecular complexity index is 1750. The molecule has 228 valence electrons. The van der Waals surface area contributed by atoms with Gasteiger partial charge in [0.1, 0.15) is 11.4 Å². The van der Waals surface area contributed by atoms with Gasteiger partial charge < -0.3 is 9.67 Å². The first-order valence-electron chi connectivity index (χ1n) is 15.6. The minimum atomic E-state index is -1.18. The van der Waals surface area contributed by atoms with Crippen LogP contribution in [-0.2, 0) is 31.0 Å². The molecule has 0 aliphatic heterocycles. The number of imidazole rings is 1. The molecule has 0 bridgehead atoms. The highest BCUT2D eigenvalue weighted by Gasteiger charge is 2.41. The number of hydrogen-bond acceptors (Lipinski definition) is 3. The van der Waals surface area contributed by atoms with Gasteiger partial charge in [-0.1, -0.05) is 136 Å². The number of nitrogens with zero attached hydrogens (tertiary/aromatic N) is 4. The second-order valence-corrected chi connectivity index (χ2v) is 13.5. The Kier molecular flexibility index (Phi) is 8.07. The van der Waals surface area contributed by atoms with Crippen LogP contribution in [0.15, 0.2) is 134 Å². The molecule has 0 aliphatic rings. The Hall–Kier alpha value is -4.74. The number of aryl methyl sites for hydroxylation is 1. The number of aromatic nitrogens is 4. The molecule has 2 heterocycles. The van der Waals surface area contributed by atoms with Gasteiger partial charge in [0.15, 0.2) is 0 Å². The van der Waals surface area contributed by atoms with Crippen molar-refractivity contribution in [3.63, 3.8) is 0 Å². The fourth-order valence-corrected chi connectivity index (χ4v) is 6.47. The van der Waals surface area contributed by atoms with Crippen LogP contribution in [0.4, 0.5) is 0 Å². The summed E-state index contributed by atoms with van der Waals surface area (Å²) in [5.74, 6) is 0.826. The Morgan fingerprint density at radius 1 is 0.600 bits per heavy atom. The zero-order chi connectivity index (χ0) is 31.7. The molecule has 1 atom stereocenters. The van der Waals surface area contributed by atoms with Crippen LogP contribution < -0.4 is 0 Å². The first kappa shape index (κ1) is 30.3. The SMILES string of the molecule is Cn1cc(-c2ccc(C(C)(O)Cc3nc(CC(C)(C)C)cn3C(c3ccccc3)(c3ccccc3)c3ccccc3)cc2)cn1. The average molecular weight is 595 g/mol. The minimum Gasteiger partial charge on any atom is -0.385 e. The number of aliphatic hydroxyl groups is 1. The highest BCUT2D eigenvalue weighted by molar-refractivity contribution is 5.62. The molecule has 6 rings (SSSR count). The molecule has 5 nitrogen and oxygen atoms in total. The lowest BCUT2D eigenvalue weighted by Gasteiger charge is -2.39. The van der Waals surface area contributed by atoms with Crippen LogP contribution >= 0.6 is 0 Å². The third kappa shape index (κ3) is 6.13. The predicted octanol–water partition coefficient (Wildman–Crippen LogP) is 8.16. The molecule has 0 radical (unpaired) electrons. The van der Waals surface area contributed by atoms with Crippen LogP contribution in [0, 0.1) is 5.41 Å². The molecular formula is C40H42N4O. The summed E-state index contributed by atoms with van der Waals surface area (Å²) in [4.78, 5) is 5.31. The first-order valence-corrected chi connectivity index (χ1v) is 15.6. The third-order valence-electron chi connectivity index (χ3n) is 8.52. The van der Waals surface area contributed by atoms with Crippen molar-refractivity contribution in [3.8, 4) is 11.1 Å². The van der Waals surface area contributed by atoms with Crippen LogP contribution in [0.25, 0.3) is 11.1 Å². The lowest BCUT2D eigenvalue weighted by atomic mass is 9.76. The van der Waals surface area contributed by atoms with Crippen molar-refractivity contribution in [2.45, 2.75) is 51.7 Å². The number of benzene rings is 4. The van der Waals surface area contributed by atoms with Gasteiger partial charge in [0.05, 0.1) is 17.5 Å². The molecule has 5 heteroatoms. The molecular weight excluding hydrogens is 552 g/mol. The lowest BCUT2D eigenvalue weighted by molar-refractivity contribution is 0.0540. The van der Waals surface area contributed by atoms with Gasteiger partial charge in [-0.2, -0.15) is 5.10 Å². The van der Waals surface area contributed by atoms with Gasteiger partial charge in [-0.25, -0.2) is 4.98 Å². The van der Waals surface area contributed by atoms with Gasteiger partial charge in [0.25, 0.3) is 0 Å². The van der Waals surface area contributed by atoms with Crippen LogP contribution in [0.1, 0.15) is 61.5 Å². The zero-order valence-corrected chi connectivity index (χ0v) is 26.9. The molecule has 2 aromatic heterocycles. The van der Waals surface area contributed by atoms with E-state index in [2.05, 4.69) is 140 Å². The highest BCUT2D eigenvalue weighted by Crippen LogP contribution is 2.43. The predicted molar refractivity (Wildman–Crippen MR) is 182 cm³/mol. The fraction of sp³-hybridized carbons (Fsp3) is 0.250. The van der Waals surface area contributed by atoms with E-state index < -0.39 is 11.1 Å². The summed E-state index contributed by atoms with van der Waals surface area (Å²) in [6.07, 6.45) is 7.21. The molecule has 45 heavy (non-hydrogen) atoms. The maximum atomic E-state index is 12.2. The summed E-state index contributed by atoms with van der Waals surface area (Å²) in [6, 6.07) is 40.1. The van der Waals surface area contributed by atoms with Crippen molar-refractivity contribution in [2.75, 3.05) is 0 Å². The maximum Gasteiger partial charge on any atom is 0.121 e. The van der Waals surface area contributed by atoms with Gasteiger partial charge in [0.2, 0.25) is 0 Å². The Morgan fingerprint density at radius 3 is 1.56 bits per heavy atom. The molecule has 4 aromatic carbocycles. The third-order valence-corrected chi connectivity index (χ3v) is 8.52. The van der Waals surface area contributed by atoms with Crippen molar-refractivity contribution in [2.24, 2.45) is 12.5 Å². The van der Waals surface area contributed by atoms with E-state index in [0.29, 0.717) is 6.42 Å². The molecule has 6 aromatic rings. The van der Waals surface area contributed by atoms with E-state index in [4.69, 9.17) is 4.98 Å². The fourth-order valence-electron chi connectivity index (χ4n) is 6.47. The van der Waals surface area contributed by atoms with E-state index in [1.165, 1.54) is 0 Å². The van der Waals surface area contributed by atoms with Crippen LogP contribution in [-0.4, -0.2) is 24.4 Å².